The van der Waals surface area contributed by atoms with Crippen molar-refractivity contribution >= 4 is 11.3 Å². The lowest BCUT2D eigenvalue weighted by Crippen LogP contribution is -2.19. The van der Waals surface area contributed by atoms with Crippen LogP contribution in [0.4, 0.5) is 0 Å². The van der Waals surface area contributed by atoms with Crippen molar-refractivity contribution in [3.05, 3.63) is 22.4 Å². The molecule has 0 aromatic carbocycles. The van der Waals surface area contributed by atoms with E-state index in [0.29, 0.717) is 5.92 Å². The Hall–Kier alpha value is -0.340. The summed E-state index contributed by atoms with van der Waals surface area (Å²) in [6.45, 7) is 4.42. The van der Waals surface area contributed by atoms with Gasteiger partial charge >= 0.3 is 0 Å². The summed E-state index contributed by atoms with van der Waals surface area (Å²) in [6, 6.07) is 4.45. The second-order valence-electron chi connectivity index (χ2n) is 3.12. The minimum Gasteiger partial charge on any atom is -0.323 e. The van der Waals surface area contributed by atoms with Crippen molar-refractivity contribution in [1.82, 2.24) is 0 Å². The number of hydrogen-bond donors (Lipinski definition) is 1. The molecule has 0 aliphatic carbocycles. The van der Waals surface area contributed by atoms with E-state index in [4.69, 9.17) is 5.73 Å². The van der Waals surface area contributed by atoms with Gasteiger partial charge in [0.05, 0.1) is 0 Å². The molecule has 1 nitrogen and oxygen atoms in total. The lowest BCUT2D eigenvalue weighted by Gasteiger charge is -2.19. The van der Waals surface area contributed by atoms with E-state index >= 15 is 0 Å². The molecule has 1 rings (SSSR count). The molecule has 0 saturated heterocycles. The summed E-state index contributed by atoms with van der Waals surface area (Å²) < 4.78 is 0. The monoisotopic (exact) mass is 183 g/mol. The normalized spacial score (nSPS) is 13.7. The minimum absolute atomic E-state index is 0.250. The molecule has 2 N–H and O–H groups in total. The van der Waals surface area contributed by atoms with Crippen molar-refractivity contribution in [2.45, 2.75) is 32.7 Å². The Kier molecular flexibility index (Phi) is 3.76. The third-order valence-corrected chi connectivity index (χ3v) is 3.40. The van der Waals surface area contributed by atoms with Gasteiger partial charge in [-0.05, 0) is 17.4 Å². The van der Waals surface area contributed by atoms with Crippen LogP contribution in [0.2, 0.25) is 0 Å². The summed E-state index contributed by atoms with van der Waals surface area (Å²) in [7, 11) is 0. The molecule has 0 saturated carbocycles. The van der Waals surface area contributed by atoms with E-state index in [-0.39, 0.29) is 6.04 Å². The van der Waals surface area contributed by atoms with E-state index in [1.54, 1.807) is 11.3 Å². The Bertz CT molecular complexity index is 202. The van der Waals surface area contributed by atoms with Crippen LogP contribution in [-0.2, 0) is 0 Å². The molecular formula is C10H17NS. The Balaban J connectivity index is 2.63. The van der Waals surface area contributed by atoms with Crippen LogP contribution < -0.4 is 5.73 Å². The van der Waals surface area contributed by atoms with Crippen LogP contribution in [0.1, 0.15) is 37.6 Å². The van der Waals surface area contributed by atoms with Gasteiger partial charge in [-0.2, -0.15) is 0 Å². The Labute approximate surface area is 78.6 Å². The van der Waals surface area contributed by atoms with Gasteiger partial charge in [-0.15, -0.1) is 11.3 Å². The summed E-state index contributed by atoms with van der Waals surface area (Å²) in [5.41, 5.74) is 6.12. The van der Waals surface area contributed by atoms with Crippen LogP contribution >= 0.6 is 11.3 Å². The van der Waals surface area contributed by atoms with Crippen LogP contribution in [0.15, 0.2) is 17.5 Å². The smallest absolute Gasteiger partial charge is 0.0418 e. The molecular weight excluding hydrogens is 166 g/mol. The van der Waals surface area contributed by atoms with Crippen molar-refractivity contribution in [3.8, 4) is 0 Å². The first-order chi connectivity index (χ1) is 5.79. The van der Waals surface area contributed by atoms with Gasteiger partial charge in [0, 0.05) is 10.9 Å². The molecule has 1 atom stereocenters. The quantitative estimate of drug-likeness (QED) is 0.762. The molecule has 0 fully saturated rings. The maximum Gasteiger partial charge on any atom is 0.0418 e. The fourth-order valence-electron chi connectivity index (χ4n) is 1.51. The fraction of sp³-hybridized carbons (Fsp3) is 0.600. The predicted molar refractivity (Wildman–Crippen MR) is 55.3 cm³/mol. The van der Waals surface area contributed by atoms with Gasteiger partial charge < -0.3 is 5.73 Å². The Morgan fingerprint density at radius 1 is 1.42 bits per heavy atom. The SMILES string of the molecule is CCC(CC)[C@H](N)c1cccs1. The molecule has 0 radical (unpaired) electrons. The molecule has 68 valence electrons. The van der Waals surface area contributed by atoms with Crippen molar-refractivity contribution in [2.24, 2.45) is 11.7 Å². The van der Waals surface area contributed by atoms with Crippen molar-refractivity contribution < 1.29 is 0 Å². The summed E-state index contributed by atoms with van der Waals surface area (Å²) >= 11 is 1.77. The van der Waals surface area contributed by atoms with E-state index in [9.17, 15) is 0 Å². The van der Waals surface area contributed by atoms with Crippen molar-refractivity contribution in [3.63, 3.8) is 0 Å². The molecule has 2 heteroatoms. The average Bonchev–Trinajstić information content (AvgIpc) is 2.58. The van der Waals surface area contributed by atoms with E-state index in [1.807, 2.05) is 0 Å². The van der Waals surface area contributed by atoms with Crippen LogP contribution in [0.5, 0.6) is 0 Å². The predicted octanol–water partition coefficient (Wildman–Crippen LogP) is 3.18. The maximum atomic E-state index is 6.12. The highest BCUT2D eigenvalue weighted by Crippen LogP contribution is 2.27. The third-order valence-electron chi connectivity index (χ3n) is 2.43. The van der Waals surface area contributed by atoms with Gasteiger partial charge in [0.15, 0.2) is 0 Å². The summed E-state index contributed by atoms with van der Waals surface area (Å²) in [4.78, 5) is 1.32. The van der Waals surface area contributed by atoms with Gasteiger partial charge in [0.1, 0.15) is 0 Å². The second-order valence-corrected chi connectivity index (χ2v) is 4.10. The topological polar surface area (TPSA) is 26.0 Å². The molecule has 1 aromatic heterocycles. The Morgan fingerprint density at radius 2 is 2.08 bits per heavy atom. The van der Waals surface area contributed by atoms with E-state index in [1.165, 1.54) is 17.7 Å². The van der Waals surface area contributed by atoms with Crippen LogP contribution in [0, 0.1) is 5.92 Å². The summed E-state index contributed by atoms with van der Waals surface area (Å²) in [5, 5.41) is 2.09. The maximum absolute atomic E-state index is 6.12. The van der Waals surface area contributed by atoms with Crippen LogP contribution in [-0.4, -0.2) is 0 Å². The van der Waals surface area contributed by atoms with Crippen LogP contribution in [0.25, 0.3) is 0 Å². The Morgan fingerprint density at radius 3 is 2.50 bits per heavy atom. The highest BCUT2D eigenvalue weighted by Gasteiger charge is 2.16. The first-order valence-corrected chi connectivity index (χ1v) is 5.46. The molecule has 0 aliphatic rings. The zero-order valence-corrected chi connectivity index (χ0v) is 8.60. The first-order valence-electron chi connectivity index (χ1n) is 4.58. The highest BCUT2D eigenvalue weighted by atomic mass is 32.1. The number of thiophene rings is 1. The number of rotatable bonds is 4. The van der Waals surface area contributed by atoms with Crippen LogP contribution in [0.3, 0.4) is 0 Å². The van der Waals surface area contributed by atoms with E-state index in [2.05, 4.69) is 31.4 Å². The molecule has 0 amide bonds. The van der Waals surface area contributed by atoms with Gasteiger partial charge in [-0.25, -0.2) is 0 Å². The third kappa shape index (κ3) is 2.08. The zero-order chi connectivity index (χ0) is 8.97. The van der Waals surface area contributed by atoms with Crippen molar-refractivity contribution in [1.29, 1.82) is 0 Å². The highest BCUT2D eigenvalue weighted by molar-refractivity contribution is 7.10. The number of nitrogens with two attached hydrogens (primary N) is 1. The molecule has 0 bridgehead atoms. The molecule has 0 spiro atoms. The molecule has 0 unspecified atom stereocenters. The largest absolute Gasteiger partial charge is 0.323 e. The second kappa shape index (κ2) is 4.63. The molecule has 1 aromatic rings. The lowest BCUT2D eigenvalue weighted by atomic mass is 9.94. The average molecular weight is 183 g/mol. The lowest BCUT2D eigenvalue weighted by molar-refractivity contribution is 0.410. The van der Waals surface area contributed by atoms with Gasteiger partial charge in [0.2, 0.25) is 0 Å². The minimum atomic E-state index is 0.250. The molecule has 12 heavy (non-hydrogen) atoms. The fourth-order valence-corrected chi connectivity index (χ4v) is 2.33. The van der Waals surface area contributed by atoms with Crippen molar-refractivity contribution in [2.75, 3.05) is 0 Å². The van der Waals surface area contributed by atoms with Gasteiger partial charge in [-0.1, -0.05) is 32.8 Å². The molecule has 1 heterocycles. The zero-order valence-electron chi connectivity index (χ0n) is 7.79. The standard InChI is InChI=1S/C10H17NS/c1-3-8(4-2)10(11)9-6-5-7-12-9/h5-8,10H,3-4,11H2,1-2H3/t10-/m0/s1. The first kappa shape index (κ1) is 9.75. The summed E-state index contributed by atoms with van der Waals surface area (Å²) in [6.07, 6.45) is 2.35. The number of hydrogen-bond acceptors (Lipinski definition) is 2. The van der Waals surface area contributed by atoms with E-state index < -0.39 is 0 Å². The van der Waals surface area contributed by atoms with E-state index in [0.717, 1.165) is 0 Å². The van der Waals surface area contributed by atoms with Gasteiger partial charge in [-0.3, -0.25) is 0 Å². The molecule has 0 aliphatic heterocycles. The summed E-state index contributed by atoms with van der Waals surface area (Å²) in [5.74, 6) is 0.642. The van der Waals surface area contributed by atoms with Gasteiger partial charge in [0.25, 0.3) is 0 Å².